The Labute approximate surface area is 112 Å². The first kappa shape index (κ1) is 13.9. The van der Waals surface area contributed by atoms with Crippen LogP contribution >= 0.6 is 0 Å². The zero-order valence-electron chi connectivity index (χ0n) is 10.1. The largest absolute Gasteiger partial charge is 0.381 e. The molecule has 0 bridgehead atoms. The lowest BCUT2D eigenvalue weighted by Crippen LogP contribution is -2.02. The van der Waals surface area contributed by atoms with Crippen LogP contribution in [0.15, 0.2) is 36.4 Å². The van der Waals surface area contributed by atoms with Crippen LogP contribution in [-0.4, -0.2) is 4.92 Å². The van der Waals surface area contributed by atoms with Crippen LogP contribution in [0.5, 0.6) is 0 Å². The molecule has 0 amide bonds. The number of nitro benzene ring substituents is 1. The highest BCUT2D eigenvalue weighted by atomic mass is 19.1. The van der Waals surface area contributed by atoms with E-state index >= 15 is 0 Å². The van der Waals surface area contributed by atoms with Gasteiger partial charge >= 0.3 is 0 Å². The van der Waals surface area contributed by atoms with Gasteiger partial charge in [0, 0.05) is 24.4 Å². The van der Waals surface area contributed by atoms with E-state index in [1.54, 1.807) is 0 Å². The van der Waals surface area contributed by atoms with Crippen LogP contribution in [-0.2, 0) is 6.54 Å². The summed E-state index contributed by atoms with van der Waals surface area (Å²) in [5.41, 5.74) is 0.0497. The van der Waals surface area contributed by atoms with Gasteiger partial charge < -0.3 is 5.32 Å². The lowest BCUT2D eigenvalue weighted by Gasteiger charge is -2.07. The highest BCUT2D eigenvalue weighted by molar-refractivity contribution is 5.51. The van der Waals surface area contributed by atoms with E-state index in [-0.39, 0.29) is 12.2 Å². The average molecular weight is 282 g/mol. The predicted octanol–water partition coefficient (Wildman–Crippen LogP) is 3.62. The van der Waals surface area contributed by atoms with Crippen molar-refractivity contribution in [1.29, 1.82) is 0 Å². The third-order valence-corrected chi connectivity index (χ3v) is 2.51. The summed E-state index contributed by atoms with van der Waals surface area (Å²) in [5.74, 6) is -2.23. The molecule has 2 aromatic carbocycles. The molecule has 0 aromatic heterocycles. The van der Waals surface area contributed by atoms with Gasteiger partial charge in [-0.1, -0.05) is 0 Å². The lowest BCUT2D eigenvalue weighted by molar-refractivity contribution is -0.385. The first-order valence-corrected chi connectivity index (χ1v) is 5.58. The Balaban J connectivity index is 2.16. The van der Waals surface area contributed by atoms with Crippen molar-refractivity contribution in [3.8, 4) is 0 Å². The van der Waals surface area contributed by atoms with Crippen LogP contribution in [0.2, 0.25) is 0 Å². The molecule has 0 spiro atoms. The minimum Gasteiger partial charge on any atom is -0.381 e. The number of anilines is 1. The minimum atomic E-state index is -0.771. The molecule has 1 N–H and O–H groups in total. The van der Waals surface area contributed by atoms with Crippen LogP contribution in [0.3, 0.4) is 0 Å². The molecule has 2 aromatic rings. The SMILES string of the molecule is O=[N+]([O-])c1cc(F)cc(NCc2cc(F)cc(F)c2)c1. The molecule has 0 heterocycles. The van der Waals surface area contributed by atoms with E-state index in [0.717, 1.165) is 36.4 Å². The lowest BCUT2D eigenvalue weighted by atomic mass is 10.2. The first-order chi connectivity index (χ1) is 9.44. The maximum Gasteiger partial charge on any atom is 0.274 e. The smallest absolute Gasteiger partial charge is 0.274 e. The number of benzene rings is 2. The van der Waals surface area contributed by atoms with Crippen molar-refractivity contribution in [1.82, 2.24) is 0 Å². The van der Waals surface area contributed by atoms with Crippen molar-refractivity contribution in [2.24, 2.45) is 0 Å². The molecule has 0 radical (unpaired) electrons. The fourth-order valence-corrected chi connectivity index (χ4v) is 1.70. The Bertz CT molecular complexity index is 642. The monoisotopic (exact) mass is 282 g/mol. The number of non-ortho nitro benzene ring substituents is 1. The Morgan fingerprint density at radius 1 is 0.950 bits per heavy atom. The highest BCUT2D eigenvalue weighted by Crippen LogP contribution is 2.20. The van der Waals surface area contributed by atoms with E-state index < -0.39 is 28.1 Å². The van der Waals surface area contributed by atoms with Gasteiger partial charge in [-0.25, -0.2) is 13.2 Å². The van der Waals surface area contributed by atoms with Gasteiger partial charge in [0.2, 0.25) is 0 Å². The van der Waals surface area contributed by atoms with Crippen molar-refractivity contribution in [3.63, 3.8) is 0 Å². The van der Waals surface area contributed by atoms with Crippen LogP contribution in [0.4, 0.5) is 24.5 Å². The van der Waals surface area contributed by atoms with Crippen molar-refractivity contribution < 1.29 is 18.1 Å². The Kier molecular flexibility index (Phi) is 3.88. The molecule has 7 heteroatoms. The van der Waals surface area contributed by atoms with Gasteiger partial charge in [-0.3, -0.25) is 10.1 Å². The number of nitrogens with one attached hydrogen (secondary N) is 1. The summed E-state index contributed by atoms with van der Waals surface area (Å²) in [4.78, 5) is 9.85. The van der Waals surface area contributed by atoms with E-state index in [0.29, 0.717) is 5.56 Å². The van der Waals surface area contributed by atoms with E-state index in [2.05, 4.69) is 5.32 Å². The number of hydrogen-bond acceptors (Lipinski definition) is 3. The molecular formula is C13H9F3N2O2. The standard InChI is InChI=1S/C13H9F3N2O2/c14-9-1-8(2-10(15)3-9)7-17-12-4-11(16)5-13(6-12)18(19)20/h1-6,17H,7H2. The molecule has 0 fully saturated rings. The molecule has 0 unspecified atom stereocenters. The zero-order chi connectivity index (χ0) is 14.7. The van der Waals surface area contributed by atoms with Crippen LogP contribution in [0.1, 0.15) is 5.56 Å². The fraction of sp³-hybridized carbons (Fsp3) is 0.0769. The quantitative estimate of drug-likeness (QED) is 0.688. The van der Waals surface area contributed by atoms with Crippen LogP contribution < -0.4 is 5.32 Å². The van der Waals surface area contributed by atoms with Crippen LogP contribution in [0.25, 0.3) is 0 Å². The molecule has 20 heavy (non-hydrogen) atoms. The number of hydrogen-bond donors (Lipinski definition) is 1. The maximum absolute atomic E-state index is 13.2. The molecule has 2 rings (SSSR count). The molecule has 0 saturated carbocycles. The summed E-state index contributed by atoms with van der Waals surface area (Å²) in [6, 6.07) is 5.94. The van der Waals surface area contributed by atoms with Gasteiger partial charge in [0.25, 0.3) is 5.69 Å². The molecular weight excluding hydrogens is 273 g/mol. The van der Waals surface area contributed by atoms with E-state index in [1.165, 1.54) is 0 Å². The van der Waals surface area contributed by atoms with E-state index in [4.69, 9.17) is 0 Å². The van der Waals surface area contributed by atoms with Gasteiger partial charge in [-0.05, 0) is 23.8 Å². The van der Waals surface area contributed by atoms with Gasteiger partial charge in [-0.2, -0.15) is 0 Å². The normalized spacial score (nSPS) is 10.3. The van der Waals surface area contributed by atoms with Crippen molar-refractivity contribution in [2.45, 2.75) is 6.54 Å². The number of rotatable bonds is 4. The summed E-state index contributed by atoms with van der Waals surface area (Å²) < 4.78 is 39.1. The number of halogens is 3. The second-order valence-corrected chi connectivity index (χ2v) is 4.09. The molecule has 104 valence electrons. The molecule has 0 aliphatic carbocycles. The molecule has 0 aliphatic rings. The summed E-state index contributed by atoms with van der Waals surface area (Å²) in [6.45, 7) is 0.00921. The van der Waals surface area contributed by atoms with Gasteiger partial charge in [0.1, 0.15) is 17.5 Å². The second kappa shape index (κ2) is 5.60. The Morgan fingerprint density at radius 3 is 2.15 bits per heavy atom. The minimum absolute atomic E-state index is 0.00921. The zero-order valence-corrected chi connectivity index (χ0v) is 10.1. The summed E-state index contributed by atoms with van der Waals surface area (Å²) in [5, 5.41) is 13.3. The van der Waals surface area contributed by atoms with E-state index in [1.807, 2.05) is 0 Å². The number of nitrogens with zero attached hydrogens (tertiary/aromatic N) is 1. The third-order valence-electron chi connectivity index (χ3n) is 2.51. The Morgan fingerprint density at radius 2 is 1.55 bits per heavy atom. The second-order valence-electron chi connectivity index (χ2n) is 4.09. The van der Waals surface area contributed by atoms with Gasteiger partial charge in [0.15, 0.2) is 0 Å². The van der Waals surface area contributed by atoms with Gasteiger partial charge in [-0.15, -0.1) is 0 Å². The molecule has 0 atom stereocenters. The topological polar surface area (TPSA) is 55.2 Å². The fourth-order valence-electron chi connectivity index (χ4n) is 1.70. The maximum atomic E-state index is 13.2. The van der Waals surface area contributed by atoms with Crippen molar-refractivity contribution >= 4 is 11.4 Å². The van der Waals surface area contributed by atoms with Crippen molar-refractivity contribution in [3.05, 3.63) is 69.5 Å². The van der Waals surface area contributed by atoms with Crippen LogP contribution in [0, 0.1) is 27.6 Å². The summed E-state index contributed by atoms with van der Waals surface area (Å²) >= 11 is 0. The Hall–Kier alpha value is -2.57. The summed E-state index contributed by atoms with van der Waals surface area (Å²) in [7, 11) is 0. The first-order valence-electron chi connectivity index (χ1n) is 5.58. The van der Waals surface area contributed by atoms with E-state index in [9.17, 15) is 23.3 Å². The number of nitro groups is 1. The van der Waals surface area contributed by atoms with Crippen molar-refractivity contribution in [2.75, 3.05) is 5.32 Å². The third kappa shape index (κ3) is 3.47. The average Bonchev–Trinajstić information content (AvgIpc) is 2.34. The van der Waals surface area contributed by atoms with Gasteiger partial charge in [0.05, 0.1) is 11.0 Å². The molecule has 4 nitrogen and oxygen atoms in total. The summed E-state index contributed by atoms with van der Waals surface area (Å²) in [6.07, 6.45) is 0. The molecule has 0 saturated heterocycles. The predicted molar refractivity (Wildman–Crippen MR) is 66.7 cm³/mol. The highest BCUT2D eigenvalue weighted by Gasteiger charge is 2.10. The molecule has 0 aliphatic heterocycles.